The number of benzene rings is 1. The molecule has 0 saturated carbocycles. The van der Waals surface area contributed by atoms with Crippen molar-refractivity contribution in [3.05, 3.63) is 60.1 Å². The third kappa shape index (κ3) is 4.92. The van der Waals surface area contributed by atoms with Crippen molar-refractivity contribution >= 4 is 6.03 Å². The first-order valence-corrected chi connectivity index (χ1v) is 9.53. The second-order valence-electron chi connectivity index (χ2n) is 7.05. The summed E-state index contributed by atoms with van der Waals surface area (Å²) < 4.78 is 18.3. The van der Waals surface area contributed by atoms with Crippen molar-refractivity contribution in [3.8, 4) is 11.5 Å². The summed E-state index contributed by atoms with van der Waals surface area (Å²) in [6.07, 6.45) is 7.26. The molecule has 2 aromatic heterocycles. The number of amides is 2. The van der Waals surface area contributed by atoms with E-state index in [2.05, 4.69) is 25.4 Å². The first-order chi connectivity index (χ1) is 14.2. The van der Waals surface area contributed by atoms with E-state index in [1.165, 1.54) is 12.1 Å². The predicted octanol–water partition coefficient (Wildman–Crippen LogP) is 2.83. The number of aromatic nitrogens is 4. The lowest BCUT2D eigenvalue weighted by Crippen LogP contribution is -2.45. The van der Waals surface area contributed by atoms with E-state index in [0.717, 1.165) is 18.4 Å². The fraction of sp³-hybridized carbons (Fsp3) is 0.350. The minimum absolute atomic E-state index is 0.121. The highest BCUT2D eigenvalue weighted by atomic mass is 19.1. The molecule has 0 unspecified atom stereocenters. The number of urea groups is 1. The van der Waals surface area contributed by atoms with Gasteiger partial charge in [-0.05, 0) is 36.5 Å². The number of nitrogens with zero attached hydrogens (tertiary/aromatic N) is 5. The first-order valence-electron chi connectivity index (χ1n) is 9.53. The molecule has 8 nitrogen and oxygen atoms in total. The van der Waals surface area contributed by atoms with Crippen LogP contribution in [0.3, 0.4) is 0 Å². The maximum Gasteiger partial charge on any atom is 0.317 e. The van der Waals surface area contributed by atoms with Crippen LogP contribution in [0.15, 0.2) is 47.4 Å². The number of halogens is 1. The Kier molecular flexibility index (Phi) is 5.73. The topological polar surface area (TPSA) is 97.0 Å². The number of rotatable bonds is 5. The molecule has 0 radical (unpaired) electrons. The Hall–Kier alpha value is -3.36. The van der Waals surface area contributed by atoms with Crippen LogP contribution in [0.5, 0.6) is 0 Å². The van der Waals surface area contributed by atoms with Crippen LogP contribution in [-0.4, -0.2) is 44.1 Å². The number of carbonyl (C=O) groups excluding carboxylic acids is 1. The molecule has 1 saturated heterocycles. The van der Waals surface area contributed by atoms with Gasteiger partial charge in [-0.3, -0.25) is 4.98 Å². The molecule has 150 valence electrons. The number of likely N-dealkylation sites (tertiary alicyclic amines) is 1. The number of nitrogens with one attached hydrogen (secondary N) is 1. The fourth-order valence-corrected chi connectivity index (χ4v) is 3.41. The Labute approximate surface area is 167 Å². The number of piperidine rings is 1. The van der Waals surface area contributed by atoms with Gasteiger partial charge in [0.05, 0.1) is 6.20 Å². The van der Waals surface area contributed by atoms with Gasteiger partial charge in [0.1, 0.15) is 11.5 Å². The van der Waals surface area contributed by atoms with E-state index >= 15 is 0 Å². The number of carbonyl (C=O) groups is 1. The Bertz CT molecular complexity index is 947. The molecule has 3 aromatic rings. The van der Waals surface area contributed by atoms with Gasteiger partial charge in [0.15, 0.2) is 0 Å². The molecule has 1 atom stereocenters. The van der Waals surface area contributed by atoms with Crippen LogP contribution in [0, 0.1) is 11.7 Å². The molecule has 0 bridgehead atoms. The number of hydrogen-bond donors (Lipinski definition) is 1. The summed E-state index contributed by atoms with van der Waals surface area (Å²) in [5, 5.41) is 6.86. The van der Waals surface area contributed by atoms with Crippen LogP contribution in [0.2, 0.25) is 0 Å². The molecule has 29 heavy (non-hydrogen) atoms. The highest BCUT2D eigenvalue weighted by molar-refractivity contribution is 5.74. The highest BCUT2D eigenvalue weighted by Crippen LogP contribution is 2.21. The molecule has 0 aliphatic carbocycles. The normalized spacial score (nSPS) is 16.6. The van der Waals surface area contributed by atoms with Crippen molar-refractivity contribution < 1.29 is 13.7 Å². The van der Waals surface area contributed by atoms with Gasteiger partial charge in [-0.1, -0.05) is 17.3 Å². The lowest BCUT2D eigenvalue weighted by Gasteiger charge is -2.32. The first kappa shape index (κ1) is 19.0. The molecular formula is C20H21FN6O2. The van der Waals surface area contributed by atoms with Crippen molar-refractivity contribution in [1.29, 1.82) is 0 Å². The Balaban J connectivity index is 1.30. The largest absolute Gasteiger partial charge is 0.339 e. The second kappa shape index (κ2) is 8.76. The van der Waals surface area contributed by atoms with Gasteiger partial charge in [-0.2, -0.15) is 4.98 Å². The lowest BCUT2D eigenvalue weighted by molar-refractivity contribution is 0.161. The quantitative estimate of drug-likeness (QED) is 0.712. The van der Waals surface area contributed by atoms with E-state index in [0.29, 0.717) is 43.5 Å². The van der Waals surface area contributed by atoms with E-state index in [-0.39, 0.29) is 17.8 Å². The smallest absolute Gasteiger partial charge is 0.317 e. The zero-order valence-electron chi connectivity index (χ0n) is 15.8. The minimum Gasteiger partial charge on any atom is -0.339 e. The molecule has 1 aliphatic heterocycles. The van der Waals surface area contributed by atoms with Crippen molar-refractivity contribution in [3.63, 3.8) is 0 Å². The summed E-state index contributed by atoms with van der Waals surface area (Å²) in [4.78, 5) is 26.9. The van der Waals surface area contributed by atoms with Gasteiger partial charge in [0.2, 0.25) is 11.7 Å². The van der Waals surface area contributed by atoms with E-state index in [9.17, 15) is 9.18 Å². The predicted molar refractivity (Wildman–Crippen MR) is 102 cm³/mol. The van der Waals surface area contributed by atoms with Crippen molar-refractivity contribution in [2.24, 2.45) is 5.92 Å². The van der Waals surface area contributed by atoms with Gasteiger partial charge < -0.3 is 14.7 Å². The van der Waals surface area contributed by atoms with Crippen LogP contribution in [0.4, 0.5) is 9.18 Å². The highest BCUT2D eigenvalue weighted by Gasteiger charge is 2.25. The Morgan fingerprint density at radius 3 is 2.93 bits per heavy atom. The van der Waals surface area contributed by atoms with Crippen LogP contribution < -0.4 is 5.32 Å². The zero-order valence-corrected chi connectivity index (χ0v) is 15.8. The van der Waals surface area contributed by atoms with Crippen molar-refractivity contribution in [2.45, 2.75) is 25.8 Å². The standard InChI is InChI=1S/C20H21FN6O2/c21-16-5-3-14(4-6-16)11-24-20(28)27-9-1-2-15(13-27)10-18-25-19(26-29-18)17-12-22-7-8-23-17/h3-8,12,15H,1-2,9-11,13H2,(H,24,28)/t15-/m0/s1. The van der Waals surface area contributed by atoms with Crippen molar-refractivity contribution in [1.82, 2.24) is 30.3 Å². The summed E-state index contributed by atoms with van der Waals surface area (Å²) in [7, 11) is 0. The van der Waals surface area contributed by atoms with Gasteiger partial charge in [0, 0.05) is 38.4 Å². The Morgan fingerprint density at radius 2 is 2.14 bits per heavy atom. The van der Waals surface area contributed by atoms with Gasteiger partial charge in [-0.15, -0.1) is 0 Å². The summed E-state index contributed by atoms with van der Waals surface area (Å²) in [5.74, 6) is 0.903. The maximum absolute atomic E-state index is 13.0. The molecule has 9 heteroatoms. The van der Waals surface area contributed by atoms with Crippen LogP contribution in [-0.2, 0) is 13.0 Å². The molecule has 1 fully saturated rings. The van der Waals surface area contributed by atoms with Crippen LogP contribution in [0.1, 0.15) is 24.3 Å². The average Bonchev–Trinajstić information content (AvgIpc) is 3.22. The molecule has 1 aromatic carbocycles. The van der Waals surface area contributed by atoms with Crippen LogP contribution >= 0.6 is 0 Å². The SMILES string of the molecule is O=C(NCc1ccc(F)cc1)N1CCC[C@@H](Cc2nc(-c3cnccn3)no2)C1. The van der Waals surface area contributed by atoms with Gasteiger partial charge in [-0.25, -0.2) is 14.2 Å². The summed E-state index contributed by atoms with van der Waals surface area (Å²) in [6, 6.07) is 5.98. The van der Waals surface area contributed by atoms with E-state index in [1.54, 1.807) is 35.6 Å². The Morgan fingerprint density at radius 1 is 1.28 bits per heavy atom. The van der Waals surface area contributed by atoms with E-state index in [1.807, 2.05) is 0 Å². The molecule has 3 heterocycles. The lowest BCUT2D eigenvalue weighted by atomic mass is 9.95. The minimum atomic E-state index is -0.289. The molecular weight excluding hydrogens is 375 g/mol. The van der Waals surface area contributed by atoms with E-state index in [4.69, 9.17) is 4.52 Å². The summed E-state index contributed by atoms with van der Waals surface area (Å²) in [6.45, 7) is 1.70. The molecule has 2 amide bonds. The van der Waals surface area contributed by atoms with E-state index < -0.39 is 0 Å². The summed E-state index contributed by atoms with van der Waals surface area (Å²) in [5.41, 5.74) is 1.42. The second-order valence-corrected chi connectivity index (χ2v) is 7.05. The van der Waals surface area contributed by atoms with Crippen molar-refractivity contribution in [2.75, 3.05) is 13.1 Å². The average molecular weight is 396 g/mol. The third-order valence-electron chi connectivity index (χ3n) is 4.89. The fourth-order valence-electron chi connectivity index (χ4n) is 3.41. The maximum atomic E-state index is 13.0. The molecule has 1 aliphatic rings. The van der Waals surface area contributed by atoms with Crippen LogP contribution in [0.25, 0.3) is 11.5 Å². The van der Waals surface area contributed by atoms with Gasteiger partial charge in [0.25, 0.3) is 0 Å². The zero-order chi connectivity index (χ0) is 20.1. The molecule has 4 rings (SSSR count). The number of hydrogen-bond acceptors (Lipinski definition) is 6. The third-order valence-corrected chi connectivity index (χ3v) is 4.89. The monoisotopic (exact) mass is 396 g/mol. The molecule has 0 spiro atoms. The summed E-state index contributed by atoms with van der Waals surface area (Å²) >= 11 is 0. The molecule has 1 N–H and O–H groups in total. The van der Waals surface area contributed by atoms with Gasteiger partial charge >= 0.3 is 6.03 Å².